The van der Waals surface area contributed by atoms with E-state index < -0.39 is 0 Å². The van der Waals surface area contributed by atoms with Crippen LogP contribution in [0.1, 0.15) is 51.1 Å². The average Bonchev–Trinajstić information content (AvgIpc) is 3.12. The van der Waals surface area contributed by atoms with E-state index in [1.807, 2.05) is 4.68 Å². The zero-order chi connectivity index (χ0) is 13.1. The third-order valence-electron chi connectivity index (χ3n) is 4.50. The van der Waals surface area contributed by atoms with Crippen molar-refractivity contribution in [3.05, 3.63) is 18.0 Å². The molecule has 2 aliphatic rings. The van der Waals surface area contributed by atoms with Crippen LogP contribution in [0.2, 0.25) is 0 Å². The topological polar surface area (TPSA) is 39.1 Å². The van der Waals surface area contributed by atoms with Gasteiger partial charge in [-0.2, -0.15) is 5.10 Å². The quantitative estimate of drug-likeness (QED) is 0.887. The van der Waals surface area contributed by atoms with Crippen molar-refractivity contribution in [3.63, 3.8) is 0 Å². The van der Waals surface area contributed by atoms with Crippen LogP contribution in [0.5, 0.6) is 0 Å². The molecule has 1 spiro atoms. The summed E-state index contributed by atoms with van der Waals surface area (Å²) in [5, 5.41) is 7.90. The Morgan fingerprint density at radius 2 is 2.26 bits per heavy atom. The van der Waals surface area contributed by atoms with Gasteiger partial charge in [-0.1, -0.05) is 19.8 Å². The fourth-order valence-corrected chi connectivity index (χ4v) is 3.47. The van der Waals surface area contributed by atoms with E-state index in [4.69, 9.17) is 4.74 Å². The SMILES string of the molecule is CCNCc1ccn(CC2CCC3(CCCC3)O2)n1. The first-order chi connectivity index (χ1) is 9.30. The Labute approximate surface area is 115 Å². The van der Waals surface area contributed by atoms with Gasteiger partial charge in [-0.3, -0.25) is 4.68 Å². The highest BCUT2D eigenvalue weighted by atomic mass is 16.5. The molecule has 1 atom stereocenters. The van der Waals surface area contributed by atoms with Crippen LogP contribution in [0.15, 0.2) is 12.3 Å². The molecule has 4 heteroatoms. The number of rotatable bonds is 5. The first-order valence-electron chi connectivity index (χ1n) is 7.70. The zero-order valence-corrected chi connectivity index (χ0v) is 11.9. The molecule has 0 bridgehead atoms. The summed E-state index contributed by atoms with van der Waals surface area (Å²) in [5.74, 6) is 0. The molecule has 1 saturated carbocycles. The van der Waals surface area contributed by atoms with Gasteiger partial charge in [-0.25, -0.2) is 0 Å². The smallest absolute Gasteiger partial charge is 0.0779 e. The van der Waals surface area contributed by atoms with Crippen LogP contribution < -0.4 is 5.32 Å². The van der Waals surface area contributed by atoms with Gasteiger partial charge in [0, 0.05) is 12.7 Å². The van der Waals surface area contributed by atoms with Gasteiger partial charge in [-0.15, -0.1) is 0 Å². The molecule has 1 aromatic heterocycles. The summed E-state index contributed by atoms with van der Waals surface area (Å²) in [5.41, 5.74) is 1.36. The number of hydrogen-bond acceptors (Lipinski definition) is 3. The predicted octanol–water partition coefficient (Wildman–Crippen LogP) is 2.48. The molecule has 106 valence electrons. The first-order valence-corrected chi connectivity index (χ1v) is 7.70. The van der Waals surface area contributed by atoms with Crippen molar-refractivity contribution in [2.24, 2.45) is 0 Å². The van der Waals surface area contributed by atoms with Crippen molar-refractivity contribution in [3.8, 4) is 0 Å². The van der Waals surface area contributed by atoms with Crippen LogP contribution in [0.3, 0.4) is 0 Å². The molecular weight excluding hydrogens is 238 g/mol. The Balaban J connectivity index is 1.53. The minimum atomic E-state index is 0.240. The number of nitrogens with one attached hydrogen (secondary N) is 1. The van der Waals surface area contributed by atoms with E-state index in [2.05, 4.69) is 29.6 Å². The average molecular weight is 263 g/mol. The fourth-order valence-electron chi connectivity index (χ4n) is 3.47. The second-order valence-corrected chi connectivity index (χ2v) is 5.98. The van der Waals surface area contributed by atoms with Crippen molar-refractivity contribution >= 4 is 0 Å². The molecule has 1 aromatic rings. The molecule has 1 N–H and O–H groups in total. The third-order valence-corrected chi connectivity index (χ3v) is 4.50. The molecular formula is C15H25N3O. The summed E-state index contributed by atoms with van der Waals surface area (Å²) < 4.78 is 8.37. The molecule has 1 unspecified atom stereocenters. The maximum Gasteiger partial charge on any atom is 0.0779 e. The Hall–Kier alpha value is -0.870. The number of aromatic nitrogens is 2. The lowest BCUT2D eigenvalue weighted by Crippen LogP contribution is -2.26. The molecule has 0 radical (unpaired) electrons. The molecule has 1 saturated heterocycles. The Kier molecular flexibility index (Phi) is 3.89. The summed E-state index contributed by atoms with van der Waals surface area (Å²) in [6.07, 6.45) is 10.1. The lowest BCUT2D eigenvalue weighted by atomic mass is 9.98. The number of ether oxygens (including phenoxy) is 1. The van der Waals surface area contributed by atoms with Crippen LogP contribution >= 0.6 is 0 Å². The Morgan fingerprint density at radius 3 is 3.05 bits per heavy atom. The van der Waals surface area contributed by atoms with Crippen LogP contribution in [-0.2, 0) is 17.8 Å². The van der Waals surface area contributed by atoms with Gasteiger partial charge in [0.1, 0.15) is 0 Å². The standard InChI is InChI=1S/C15H25N3O/c1-2-16-11-13-6-10-18(17-13)12-14-5-9-15(19-14)7-3-4-8-15/h6,10,14,16H,2-5,7-9,11-12H2,1H3. The summed E-state index contributed by atoms with van der Waals surface area (Å²) in [4.78, 5) is 0. The van der Waals surface area contributed by atoms with Gasteiger partial charge in [0.25, 0.3) is 0 Å². The highest BCUT2D eigenvalue weighted by molar-refractivity contribution is 4.99. The van der Waals surface area contributed by atoms with Gasteiger partial charge in [0.15, 0.2) is 0 Å². The molecule has 19 heavy (non-hydrogen) atoms. The van der Waals surface area contributed by atoms with Crippen LogP contribution in [0.4, 0.5) is 0 Å². The second kappa shape index (κ2) is 5.63. The van der Waals surface area contributed by atoms with Crippen LogP contribution in [0.25, 0.3) is 0 Å². The molecule has 2 heterocycles. The molecule has 0 aromatic carbocycles. The normalized spacial score (nSPS) is 25.4. The summed E-state index contributed by atoms with van der Waals surface area (Å²) in [7, 11) is 0. The lowest BCUT2D eigenvalue weighted by Gasteiger charge is -2.23. The van der Waals surface area contributed by atoms with E-state index in [1.54, 1.807) is 0 Å². The van der Waals surface area contributed by atoms with Gasteiger partial charge in [0.2, 0.25) is 0 Å². The molecule has 1 aliphatic carbocycles. The van der Waals surface area contributed by atoms with Crippen molar-refractivity contribution < 1.29 is 4.74 Å². The van der Waals surface area contributed by atoms with Gasteiger partial charge >= 0.3 is 0 Å². The summed E-state index contributed by atoms with van der Waals surface area (Å²) >= 11 is 0. The van der Waals surface area contributed by atoms with E-state index in [-0.39, 0.29) is 5.60 Å². The maximum absolute atomic E-state index is 6.33. The van der Waals surface area contributed by atoms with Crippen LogP contribution in [-0.4, -0.2) is 28.0 Å². The maximum atomic E-state index is 6.33. The van der Waals surface area contributed by atoms with Crippen molar-refractivity contribution in [2.75, 3.05) is 6.54 Å². The van der Waals surface area contributed by atoms with Crippen molar-refractivity contribution in [2.45, 2.75) is 70.2 Å². The van der Waals surface area contributed by atoms with Crippen molar-refractivity contribution in [1.82, 2.24) is 15.1 Å². The van der Waals surface area contributed by atoms with E-state index in [0.717, 1.165) is 25.3 Å². The van der Waals surface area contributed by atoms with Gasteiger partial charge < -0.3 is 10.1 Å². The molecule has 1 aliphatic heterocycles. The minimum absolute atomic E-state index is 0.240. The molecule has 3 rings (SSSR count). The fraction of sp³-hybridized carbons (Fsp3) is 0.800. The summed E-state index contributed by atoms with van der Waals surface area (Å²) in [6, 6.07) is 2.10. The van der Waals surface area contributed by atoms with Crippen molar-refractivity contribution in [1.29, 1.82) is 0 Å². The van der Waals surface area contributed by atoms with E-state index in [1.165, 1.54) is 38.5 Å². The van der Waals surface area contributed by atoms with Gasteiger partial charge in [0.05, 0.1) is 23.9 Å². The van der Waals surface area contributed by atoms with E-state index >= 15 is 0 Å². The first kappa shape index (κ1) is 13.1. The second-order valence-electron chi connectivity index (χ2n) is 5.98. The number of hydrogen-bond donors (Lipinski definition) is 1. The van der Waals surface area contributed by atoms with Crippen LogP contribution in [0, 0.1) is 0 Å². The summed E-state index contributed by atoms with van der Waals surface area (Å²) in [6.45, 7) is 4.87. The van der Waals surface area contributed by atoms with E-state index in [0.29, 0.717) is 6.10 Å². The molecule has 4 nitrogen and oxygen atoms in total. The monoisotopic (exact) mass is 263 g/mol. The number of nitrogens with zero attached hydrogens (tertiary/aromatic N) is 2. The Morgan fingerprint density at radius 1 is 1.42 bits per heavy atom. The largest absolute Gasteiger partial charge is 0.370 e. The minimum Gasteiger partial charge on any atom is -0.370 e. The molecule has 2 fully saturated rings. The lowest BCUT2D eigenvalue weighted by molar-refractivity contribution is -0.0429. The molecule has 0 amide bonds. The third kappa shape index (κ3) is 3.00. The highest BCUT2D eigenvalue weighted by Crippen LogP contribution is 2.43. The zero-order valence-electron chi connectivity index (χ0n) is 11.9. The van der Waals surface area contributed by atoms with Gasteiger partial charge in [-0.05, 0) is 38.3 Å². The Bertz CT molecular complexity index is 409. The van der Waals surface area contributed by atoms with E-state index in [9.17, 15) is 0 Å². The predicted molar refractivity (Wildman–Crippen MR) is 74.9 cm³/mol. The highest BCUT2D eigenvalue weighted by Gasteiger charge is 2.42.